The molecule has 0 radical (unpaired) electrons. The lowest BCUT2D eigenvalue weighted by molar-refractivity contribution is 0.0629. The largest absolute Gasteiger partial charge is 0.497 e. The minimum atomic E-state index is -0.0481. The minimum absolute atomic E-state index is 0.0226. The molecule has 1 amide bonds. The van der Waals surface area contributed by atoms with E-state index in [0.29, 0.717) is 17.0 Å². The van der Waals surface area contributed by atoms with E-state index in [2.05, 4.69) is 20.8 Å². The van der Waals surface area contributed by atoms with Gasteiger partial charge in [0.25, 0.3) is 5.91 Å². The summed E-state index contributed by atoms with van der Waals surface area (Å²) in [5.41, 5.74) is 6.89. The summed E-state index contributed by atoms with van der Waals surface area (Å²) in [6, 6.07) is 5.21. The SMILES string of the molecule is COc1cc(N)cc(C(=O)N(C)C(C)C(C)(C)C)c1. The molecule has 1 aromatic rings. The molecule has 0 aliphatic heterocycles. The smallest absolute Gasteiger partial charge is 0.254 e. The molecule has 0 aliphatic carbocycles. The number of ether oxygens (including phenoxy) is 1. The monoisotopic (exact) mass is 264 g/mol. The molecule has 1 unspecified atom stereocenters. The number of anilines is 1. The number of rotatable bonds is 3. The van der Waals surface area contributed by atoms with E-state index in [1.54, 1.807) is 30.2 Å². The Bertz CT molecular complexity index is 464. The number of hydrogen-bond acceptors (Lipinski definition) is 3. The van der Waals surface area contributed by atoms with Crippen LogP contribution in [0.1, 0.15) is 38.1 Å². The first-order chi connectivity index (χ1) is 8.66. The van der Waals surface area contributed by atoms with Gasteiger partial charge in [-0.05, 0) is 24.5 Å². The van der Waals surface area contributed by atoms with E-state index in [9.17, 15) is 4.79 Å². The second kappa shape index (κ2) is 5.51. The zero-order chi connectivity index (χ0) is 14.8. The van der Waals surface area contributed by atoms with E-state index in [0.717, 1.165) is 0 Å². The Morgan fingerprint density at radius 2 is 1.89 bits per heavy atom. The van der Waals surface area contributed by atoms with Gasteiger partial charge in [0.15, 0.2) is 0 Å². The molecule has 0 spiro atoms. The van der Waals surface area contributed by atoms with Crippen LogP contribution < -0.4 is 10.5 Å². The minimum Gasteiger partial charge on any atom is -0.497 e. The fraction of sp³-hybridized carbons (Fsp3) is 0.533. The van der Waals surface area contributed by atoms with Crippen molar-refractivity contribution in [1.82, 2.24) is 4.90 Å². The summed E-state index contributed by atoms with van der Waals surface area (Å²) in [4.78, 5) is 14.2. The Balaban J connectivity index is 3.03. The van der Waals surface area contributed by atoms with Crippen molar-refractivity contribution in [2.75, 3.05) is 19.9 Å². The summed E-state index contributed by atoms with van der Waals surface area (Å²) >= 11 is 0. The molecule has 19 heavy (non-hydrogen) atoms. The summed E-state index contributed by atoms with van der Waals surface area (Å²) in [7, 11) is 3.37. The summed E-state index contributed by atoms with van der Waals surface area (Å²) in [6.07, 6.45) is 0. The number of hydrogen-bond donors (Lipinski definition) is 1. The Hall–Kier alpha value is -1.71. The highest BCUT2D eigenvalue weighted by Gasteiger charge is 2.27. The summed E-state index contributed by atoms with van der Waals surface area (Å²) in [6.45, 7) is 8.38. The lowest BCUT2D eigenvalue weighted by Gasteiger charge is -2.35. The summed E-state index contributed by atoms with van der Waals surface area (Å²) in [5.74, 6) is 0.549. The van der Waals surface area contributed by atoms with Crippen molar-refractivity contribution < 1.29 is 9.53 Å². The predicted octanol–water partition coefficient (Wildman–Crippen LogP) is 2.78. The molecule has 4 heteroatoms. The van der Waals surface area contributed by atoms with Crippen LogP contribution in [0, 0.1) is 5.41 Å². The van der Waals surface area contributed by atoms with Crippen LogP contribution in [0.5, 0.6) is 5.75 Å². The van der Waals surface area contributed by atoms with Gasteiger partial charge in [-0.2, -0.15) is 0 Å². The third kappa shape index (κ3) is 3.63. The second-order valence-electron chi connectivity index (χ2n) is 5.95. The van der Waals surface area contributed by atoms with E-state index in [4.69, 9.17) is 10.5 Å². The molecule has 1 rings (SSSR count). The van der Waals surface area contributed by atoms with Crippen LogP contribution in [0.2, 0.25) is 0 Å². The fourth-order valence-corrected chi connectivity index (χ4v) is 1.82. The van der Waals surface area contributed by atoms with E-state index in [-0.39, 0.29) is 17.4 Å². The summed E-state index contributed by atoms with van der Waals surface area (Å²) < 4.78 is 5.14. The molecule has 0 aliphatic rings. The fourth-order valence-electron chi connectivity index (χ4n) is 1.82. The number of benzene rings is 1. The maximum absolute atomic E-state index is 12.5. The molecule has 0 saturated carbocycles. The number of nitrogens with two attached hydrogens (primary N) is 1. The molecular formula is C15H24N2O2. The molecule has 4 nitrogen and oxygen atoms in total. The molecule has 1 atom stereocenters. The van der Waals surface area contributed by atoms with E-state index >= 15 is 0 Å². The van der Waals surface area contributed by atoms with E-state index in [1.807, 2.05) is 14.0 Å². The first-order valence-corrected chi connectivity index (χ1v) is 6.38. The topological polar surface area (TPSA) is 55.6 Å². The number of amides is 1. The van der Waals surface area contributed by atoms with Crippen LogP contribution in [0.25, 0.3) is 0 Å². The number of methoxy groups -OCH3 is 1. The molecule has 0 fully saturated rings. The normalized spacial score (nSPS) is 12.9. The van der Waals surface area contributed by atoms with Crippen LogP contribution in [-0.2, 0) is 0 Å². The van der Waals surface area contributed by atoms with Crippen molar-refractivity contribution in [2.45, 2.75) is 33.7 Å². The molecule has 0 aromatic heterocycles. The Morgan fingerprint density at radius 3 is 2.37 bits per heavy atom. The maximum atomic E-state index is 12.5. The molecular weight excluding hydrogens is 240 g/mol. The molecule has 2 N–H and O–H groups in total. The zero-order valence-corrected chi connectivity index (χ0v) is 12.7. The van der Waals surface area contributed by atoms with Crippen molar-refractivity contribution in [3.8, 4) is 5.75 Å². The number of nitrogen functional groups attached to an aromatic ring is 1. The average molecular weight is 264 g/mol. The van der Waals surface area contributed by atoms with Gasteiger partial charge >= 0.3 is 0 Å². The Labute approximate surface area is 115 Å². The van der Waals surface area contributed by atoms with Gasteiger partial charge in [-0.1, -0.05) is 20.8 Å². The number of nitrogens with zero attached hydrogens (tertiary/aromatic N) is 1. The third-order valence-corrected chi connectivity index (χ3v) is 3.57. The molecule has 0 bridgehead atoms. The first-order valence-electron chi connectivity index (χ1n) is 6.38. The molecule has 0 heterocycles. The highest BCUT2D eigenvalue weighted by molar-refractivity contribution is 5.95. The van der Waals surface area contributed by atoms with Crippen LogP contribution >= 0.6 is 0 Å². The third-order valence-electron chi connectivity index (χ3n) is 3.57. The number of carbonyl (C=O) groups excluding carboxylic acids is 1. The van der Waals surface area contributed by atoms with E-state index in [1.165, 1.54) is 0 Å². The average Bonchev–Trinajstić information content (AvgIpc) is 2.34. The van der Waals surface area contributed by atoms with Gasteiger partial charge in [-0.25, -0.2) is 0 Å². The predicted molar refractivity (Wildman–Crippen MR) is 78.4 cm³/mol. The first kappa shape index (κ1) is 15.3. The maximum Gasteiger partial charge on any atom is 0.254 e. The Morgan fingerprint density at radius 1 is 1.32 bits per heavy atom. The standard InChI is InChI=1S/C15H24N2O2/c1-10(15(2,3)4)17(5)14(18)11-7-12(16)9-13(8-11)19-6/h7-10H,16H2,1-6H3. The van der Waals surface area contributed by atoms with Crippen molar-refractivity contribution in [3.05, 3.63) is 23.8 Å². The van der Waals surface area contributed by atoms with Gasteiger partial charge in [0.05, 0.1) is 7.11 Å². The van der Waals surface area contributed by atoms with Crippen LogP contribution in [0.3, 0.4) is 0 Å². The zero-order valence-electron chi connectivity index (χ0n) is 12.7. The van der Waals surface area contributed by atoms with Gasteiger partial charge in [0.1, 0.15) is 5.75 Å². The Kier molecular flexibility index (Phi) is 4.45. The van der Waals surface area contributed by atoms with Gasteiger partial charge in [-0.3, -0.25) is 4.79 Å². The highest BCUT2D eigenvalue weighted by Crippen LogP contribution is 2.26. The van der Waals surface area contributed by atoms with Crippen LogP contribution in [-0.4, -0.2) is 31.0 Å². The van der Waals surface area contributed by atoms with Crippen molar-refractivity contribution in [1.29, 1.82) is 0 Å². The molecule has 1 aromatic carbocycles. The van der Waals surface area contributed by atoms with E-state index < -0.39 is 0 Å². The van der Waals surface area contributed by atoms with Crippen LogP contribution in [0.15, 0.2) is 18.2 Å². The quantitative estimate of drug-likeness (QED) is 0.854. The molecule has 106 valence electrons. The van der Waals surface area contributed by atoms with Crippen LogP contribution in [0.4, 0.5) is 5.69 Å². The lowest BCUT2D eigenvalue weighted by Crippen LogP contribution is -2.42. The van der Waals surface area contributed by atoms with Crippen molar-refractivity contribution in [2.24, 2.45) is 5.41 Å². The highest BCUT2D eigenvalue weighted by atomic mass is 16.5. The van der Waals surface area contributed by atoms with Gasteiger partial charge < -0.3 is 15.4 Å². The second-order valence-corrected chi connectivity index (χ2v) is 5.95. The lowest BCUT2D eigenvalue weighted by atomic mass is 9.87. The number of carbonyl (C=O) groups is 1. The molecule has 0 saturated heterocycles. The summed E-state index contributed by atoms with van der Waals surface area (Å²) in [5, 5.41) is 0. The van der Waals surface area contributed by atoms with Gasteiger partial charge in [-0.15, -0.1) is 0 Å². The van der Waals surface area contributed by atoms with Crippen molar-refractivity contribution >= 4 is 11.6 Å². The van der Waals surface area contributed by atoms with Crippen molar-refractivity contribution in [3.63, 3.8) is 0 Å². The van der Waals surface area contributed by atoms with Gasteiger partial charge in [0.2, 0.25) is 0 Å². The van der Waals surface area contributed by atoms with Gasteiger partial charge in [0, 0.05) is 30.4 Å².